The fourth-order valence-electron chi connectivity index (χ4n) is 2.41. The van der Waals surface area contributed by atoms with Crippen LogP contribution in [-0.4, -0.2) is 16.9 Å². The molecule has 0 N–H and O–H groups in total. The summed E-state index contributed by atoms with van der Waals surface area (Å²) in [6, 6.07) is 7.36. The number of aryl methyl sites for hydroxylation is 1. The standard InChI is InChI=1S/C14H15NO4/c1-8-4-6-11(7-5-8)13-12(9(2)16)10(3)19-14(13)15(17)18/h4-7,13-14H,1-3H3. The van der Waals surface area contributed by atoms with Crippen molar-refractivity contribution in [3.05, 3.63) is 56.8 Å². The van der Waals surface area contributed by atoms with E-state index in [1.165, 1.54) is 6.92 Å². The maximum absolute atomic E-state index is 11.7. The van der Waals surface area contributed by atoms with Gasteiger partial charge in [0, 0.05) is 0 Å². The van der Waals surface area contributed by atoms with Crippen LogP contribution in [0.1, 0.15) is 30.9 Å². The molecule has 0 fully saturated rings. The first-order valence-corrected chi connectivity index (χ1v) is 6.00. The summed E-state index contributed by atoms with van der Waals surface area (Å²) in [5.74, 6) is -0.472. The summed E-state index contributed by atoms with van der Waals surface area (Å²) in [4.78, 5) is 22.3. The lowest BCUT2D eigenvalue weighted by molar-refractivity contribution is -0.570. The Morgan fingerprint density at radius 1 is 1.26 bits per heavy atom. The predicted molar refractivity (Wildman–Crippen MR) is 69.2 cm³/mol. The minimum atomic E-state index is -1.22. The van der Waals surface area contributed by atoms with Gasteiger partial charge in [-0.1, -0.05) is 29.8 Å². The third kappa shape index (κ3) is 2.36. The van der Waals surface area contributed by atoms with Gasteiger partial charge in [-0.2, -0.15) is 0 Å². The van der Waals surface area contributed by atoms with Crippen LogP contribution >= 0.6 is 0 Å². The molecule has 2 rings (SSSR count). The lowest BCUT2D eigenvalue weighted by atomic mass is 9.88. The van der Waals surface area contributed by atoms with Gasteiger partial charge in [0.25, 0.3) is 0 Å². The first-order valence-electron chi connectivity index (χ1n) is 6.00. The van der Waals surface area contributed by atoms with Crippen molar-refractivity contribution in [3.63, 3.8) is 0 Å². The van der Waals surface area contributed by atoms with Gasteiger partial charge in [-0.25, -0.2) is 0 Å². The molecule has 1 aromatic rings. The number of benzene rings is 1. The van der Waals surface area contributed by atoms with Crippen molar-refractivity contribution in [2.24, 2.45) is 0 Å². The number of Topliss-reactive ketones (excluding diaryl/α,β-unsaturated/α-hetero) is 1. The molecule has 2 unspecified atom stereocenters. The number of ether oxygens (including phenoxy) is 1. The van der Waals surface area contributed by atoms with E-state index in [9.17, 15) is 14.9 Å². The van der Waals surface area contributed by atoms with E-state index in [1.54, 1.807) is 19.1 Å². The minimum absolute atomic E-state index is 0.188. The molecule has 0 amide bonds. The number of hydrogen-bond donors (Lipinski definition) is 0. The molecular weight excluding hydrogens is 246 g/mol. The molecule has 0 radical (unpaired) electrons. The van der Waals surface area contributed by atoms with E-state index in [-0.39, 0.29) is 5.78 Å². The minimum Gasteiger partial charge on any atom is -0.434 e. The molecule has 100 valence electrons. The van der Waals surface area contributed by atoms with Crippen LogP contribution in [0.15, 0.2) is 35.6 Å². The van der Waals surface area contributed by atoms with E-state index in [0.29, 0.717) is 11.3 Å². The zero-order valence-corrected chi connectivity index (χ0v) is 11.0. The molecule has 1 heterocycles. The van der Waals surface area contributed by atoms with E-state index in [0.717, 1.165) is 11.1 Å². The zero-order valence-electron chi connectivity index (χ0n) is 11.0. The molecule has 0 saturated heterocycles. The van der Waals surface area contributed by atoms with Gasteiger partial charge in [0.15, 0.2) is 5.78 Å². The summed E-state index contributed by atoms with van der Waals surface area (Å²) in [6.07, 6.45) is -1.22. The maximum atomic E-state index is 11.7. The van der Waals surface area contributed by atoms with Gasteiger partial charge in [0.2, 0.25) is 0 Å². The Bertz CT molecular complexity index is 559. The molecule has 0 bridgehead atoms. The molecule has 1 aromatic carbocycles. The van der Waals surface area contributed by atoms with Gasteiger partial charge in [-0.3, -0.25) is 14.9 Å². The van der Waals surface area contributed by atoms with Gasteiger partial charge in [0.1, 0.15) is 11.7 Å². The Labute approximate surface area is 111 Å². The predicted octanol–water partition coefficient (Wildman–Crippen LogP) is 2.57. The normalized spacial score (nSPS) is 22.3. The number of rotatable bonds is 3. The molecule has 0 aliphatic carbocycles. The quantitative estimate of drug-likeness (QED) is 0.619. The van der Waals surface area contributed by atoms with E-state index in [4.69, 9.17) is 4.74 Å². The molecule has 0 aromatic heterocycles. The van der Waals surface area contributed by atoms with Gasteiger partial charge in [-0.15, -0.1) is 0 Å². The molecule has 0 spiro atoms. The van der Waals surface area contributed by atoms with E-state index in [2.05, 4.69) is 0 Å². The second-order valence-corrected chi connectivity index (χ2v) is 4.71. The summed E-state index contributed by atoms with van der Waals surface area (Å²) in [5.41, 5.74) is 2.19. The summed E-state index contributed by atoms with van der Waals surface area (Å²) in [7, 11) is 0. The highest BCUT2D eigenvalue weighted by atomic mass is 16.7. The van der Waals surface area contributed by atoms with E-state index >= 15 is 0 Å². The molecule has 5 heteroatoms. The average Bonchev–Trinajstić information content (AvgIpc) is 2.68. The van der Waals surface area contributed by atoms with E-state index < -0.39 is 17.1 Å². The Balaban J connectivity index is 2.50. The lowest BCUT2D eigenvalue weighted by Gasteiger charge is -2.14. The summed E-state index contributed by atoms with van der Waals surface area (Å²) < 4.78 is 5.25. The number of nitro groups is 1. The number of hydrogen-bond acceptors (Lipinski definition) is 4. The SMILES string of the molecule is CC(=O)C1=C(C)OC([N+](=O)[O-])C1c1ccc(C)cc1. The summed E-state index contributed by atoms with van der Waals surface area (Å²) >= 11 is 0. The number of carbonyl (C=O) groups is 1. The molecule has 0 saturated carbocycles. The van der Waals surface area contributed by atoms with Crippen molar-refractivity contribution in [1.82, 2.24) is 0 Å². The van der Waals surface area contributed by atoms with Crippen molar-refractivity contribution < 1.29 is 14.5 Å². The number of nitrogens with zero attached hydrogens (tertiary/aromatic N) is 1. The molecule has 1 aliphatic heterocycles. The Morgan fingerprint density at radius 2 is 1.84 bits per heavy atom. The Hall–Kier alpha value is -2.17. The highest BCUT2D eigenvalue weighted by Gasteiger charge is 2.45. The molecule has 1 aliphatic rings. The van der Waals surface area contributed by atoms with Crippen molar-refractivity contribution in [3.8, 4) is 0 Å². The van der Waals surface area contributed by atoms with Gasteiger partial charge in [-0.05, 0) is 26.3 Å². The summed E-state index contributed by atoms with van der Waals surface area (Å²) in [6.45, 7) is 4.94. The maximum Gasteiger partial charge on any atom is 0.364 e. The van der Waals surface area contributed by atoms with Crippen LogP contribution in [0.2, 0.25) is 0 Å². The topological polar surface area (TPSA) is 69.4 Å². The fraction of sp³-hybridized carbons (Fsp3) is 0.357. The van der Waals surface area contributed by atoms with Gasteiger partial charge < -0.3 is 4.74 Å². The smallest absolute Gasteiger partial charge is 0.364 e. The Morgan fingerprint density at radius 3 is 2.32 bits per heavy atom. The van der Waals surface area contributed by atoms with Crippen molar-refractivity contribution in [2.45, 2.75) is 32.9 Å². The van der Waals surface area contributed by atoms with Crippen LogP contribution in [0.3, 0.4) is 0 Å². The molecule has 2 atom stereocenters. The van der Waals surface area contributed by atoms with Crippen LogP contribution in [0.25, 0.3) is 0 Å². The number of ketones is 1. The second kappa shape index (κ2) is 4.84. The third-order valence-electron chi connectivity index (χ3n) is 3.30. The van der Waals surface area contributed by atoms with Crippen LogP contribution in [0.4, 0.5) is 0 Å². The van der Waals surface area contributed by atoms with Crippen molar-refractivity contribution >= 4 is 5.78 Å². The van der Waals surface area contributed by atoms with Crippen LogP contribution in [0, 0.1) is 17.0 Å². The Kier molecular flexibility index (Phi) is 3.38. The molecule has 19 heavy (non-hydrogen) atoms. The van der Waals surface area contributed by atoms with Crippen molar-refractivity contribution in [2.75, 3.05) is 0 Å². The lowest BCUT2D eigenvalue weighted by Crippen LogP contribution is -2.27. The highest BCUT2D eigenvalue weighted by Crippen LogP contribution is 2.39. The first kappa shape index (κ1) is 13.3. The van der Waals surface area contributed by atoms with Crippen LogP contribution < -0.4 is 0 Å². The largest absolute Gasteiger partial charge is 0.434 e. The third-order valence-corrected chi connectivity index (χ3v) is 3.30. The number of allylic oxidation sites excluding steroid dienone is 1. The summed E-state index contributed by atoms with van der Waals surface area (Å²) in [5, 5.41) is 11.1. The van der Waals surface area contributed by atoms with Crippen LogP contribution in [0.5, 0.6) is 0 Å². The number of carbonyl (C=O) groups excluding carboxylic acids is 1. The molecule has 5 nitrogen and oxygen atoms in total. The van der Waals surface area contributed by atoms with Crippen LogP contribution in [-0.2, 0) is 9.53 Å². The average molecular weight is 261 g/mol. The van der Waals surface area contributed by atoms with E-state index in [1.807, 2.05) is 19.1 Å². The van der Waals surface area contributed by atoms with Gasteiger partial charge in [0.05, 0.1) is 10.5 Å². The van der Waals surface area contributed by atoms with Crippen molar-refractivity contribution in [1.29, 1.82) is 0 Å². The monoisotopic (exact) mass is 261 g/mol. The van der Waals surface area contributed by atoms with Gasteiger partial charge >= 0.3 is 6.23 Å². The zero-order chi connectivity index (χ0) is 14.2. The molecular formula is C14H15NO4. The first-order chi connectivity index (χ1) is 8.91. The second-order valence-electron chi connectivity index (χ2n) is 4.71. The highest BCUT2D eigenvalue weighted by molar-refractivity contribution is 5.95. The fourth-order valence-corrected chi connectivity index (χ4v) is 2.41.